The molecular formula is C99H108ClF4N14O17S+. The van der Waals surface area contributed by atoms with E-state index in [-0.39, 0.29) is 104 Å². The van der Waals surface area contributed by atoms with Crippen molar-refractivity contribution in [3.05, 3.63) is 220 Å². The van der Waals surface area contributed by atoms with Gasteiger partial charge in [-0.25, -0.2) is 53.1 Å². The van der Waals surface area contributed by atoms with Crippen LogP contribution in [0.5, 0.6) is 23.1 Å². The number of unbranched alkanes of at least 4 members (excludes halogenated alkanes) is 1. The van der Waals surface area contributed by atoms with Gasteiger partial charge in [-0.05, 0) is 170 Å². The number of hydrogen-bond acceptors (Lipinski definition) is 23. The lowest BCUT2D eigenvalue weighted by Crippen LogP contribution is -2.57. The number of carbonyl (C=O) groups is 9. The molecule has 1 saturated heterocycles. The van der Waals surface area contributed by atoms with Crippen LogP contribution in [0, 0.1) is 31.0 Å². The minimum absolute atomic E-state index is 0.0234. The average molecular weight is 1910 g/mol. The zero-order valence-corrected chi connectivity index (χ0v) is 78.2. The molecule has 1 aliphatic carbocycles. The molecule has 12 rings (SSSR count). The van der Waals surface area contributed by atoms with Crippen molar-refractivity contribution in [3.8, 4) is 79.6 Å². The van der Waals surface area contributed by atoms with Gasteiger partial charge in [0.1, 0.15) is 84.3 Å². The van der Waals surface area contributed by atoms with Crippen molar-refractivity contribution in [2.75, 3.05) is 92.2 Å². The van der Waals surface area contributed by atoms with E-state index in [4.69, 9.17) is 56.9 Å². The van der Waals surface area contributed by atoms with E-state index in [1.54, 1.807) is 146 Å². The summed E-state index contributed by atoms with van der Waals surface area (Å²) >= 11 is 8.50. The lowest BCUT2D eigenvalue weighted by atomic mass is 9.96. The zero-order chi connectivity index (χ0) is 97.5. The predicted molar refractivity (Wildman–Crippen MR) is 502 cm³/mol. The molecule has 31 nitrogen and oxygen atoms in total. The Morgan fingerprint density at radius 1 is 0.713 bits per heavy atom. The van der Waals surface area contributed by atoms with Gasteiger partial charge >= 0.3 is 42.4 Å². The number of fused-ring (bicyclic) bond motifs is 4. The summed E-state index contributed by atoms with van der Waals surface area (Å²) in [5.74, 6) is -4.73. The van der Waals surface area contributed by atoms with Gasteiger partial charge in [0.25, 0.3) is 0 Å². The molecule has 4 atom stereocenters. The van der Waals surface area contributed by atoms with Crippen molar-refractivity contribution in [3.63, 3.8) is 0 Å². The summed E-state index contributed by atoms with van der Waals surface area (Å²) in [5.41, 5.74) is 13.8. The third-order valence-electron chi connectivity index (χ3n) is 22.9. The molecule has 0 radical (unpaired) electrons. The number of methoxy groups -OCH3 is 1. The van der Waals surface area contributed by atoms with Gasteiger partial charge in [-0.3, -0.25) is 19.3 Å². The molecule has 8 amide bonds. The van der Waals surface area contributed by atoms with Crippen LogP contribution in [-0.4, -0.2) is 211 Å². The number of carbonyl (C=O) groups excluding carboxylic acids is 9. The number of quaternary nitrogens is 1. The number of aromatic nitrogens is 4. The van der Waals surface area contributed by atoms with Gasteiger partial charge in [0, 0.05) is 86.5 Å². The molecule has 1 aliphatic heterocycles. The molecule has 8 N–H and O–H groups in total. The van der Waals surface area contributed by atoms with Gasteiger partial charge in [-0.1, -0.05) is 134 Å². The second-order valence-corrected chi connectivity index (χ2v) is 35.8. The number of alkyl halides is 3. The number of primary amides is 1. The SMILES string of the molecule is C#CCOC(=O)N[C@@H](CCCCNC(=O)OC(C)(C)C)C(=O)N[C@H](C(=O)N[C@@H](CCCNC(N)=O)C(=O)Nc1ccc(C[N+]2(C)CCN(CCOc3ccc(-c4c(-c5ccc(F)cc5)sc5ncnc(O[C@H](Cc6ccccc6OCc6ccnc(-c7ccccc7OC)n6)C(=O)OC(=O)C(F)(F)F)c45)c(C)c3Cl)CC2)c(CN(C)C(=O)OCC2c3ccccc3-c3ccccc32)c1)C(C)C. The molecule has 0 bridgehead atoms. The van der Waals surface area contributed by atoms with Gasteiger partial charge in [0.15, 0.2) is 12.4 Å². The molecule has 0 unspecified atom stereocenters. The largest absolute Gasteiger partial charge is 0.496 e. The summed E-state index contributed by atoms with van der Waals surface area (Å²) in [4.78, 5) is 144. The number of piperazine rings is 1. The maximum Gasteiger partial charge on any atom is 0.491 e. The van der Waals surface area contributed by atoms with E-state index in [0.717, 1.165) is 45.5 Å². The number of alkyl carbamates (subject to hydrolysis) is 2. The van der Waals surface area contributed by atoms with Crippen LogP contribution in [0.4, 0.5) is 42.4 Å². The molecule has 10 aromatic rings. The van der Waals surface area contributed by atoms with Crippen LogP contribution in [-0.2, 0) is 69.0 Å². The second kappa shape index (κ2) is 46.3. The molecule has 136 heavy (non-hydrogen) atoms. The number of hydrogen-bond donors (Lipinski definition) is 7. The van der Waals surface area contributed by atoms with Crippen molar-refractivity contribution in [2.24, 2.45) is 11.7 Å². The van der Waals surface area contributed by atoms with E-state index in [0.29, 0.717) is 124 Å². The quantitative estimate of drug-likeness (QED) is 0.00357. The number of esters is 2. The highest BCUT2D eigenvalue weighted by molar-refractivity contribution is 7.22. The number of amides is 8. The smallest absolute Gasteiger partial charge is 0.491 e. The number of likely N-dealkylation sites (N-methyl/N-ethyl adjacent to an activating group) is 1. The van der Waals surface area contributed by atoms with E-state index < -0.39 is 108 Å². The Kier molecular flexibility index (Phi) is 34.4. The first kappa shape index (κ1) is 101. The summed E-state index contributed by atoms with van der Waals surface area (Å²) < 4.78 is 103. The summed E-state index contributed by atoms with van der Waals surface area (Å²) in [6, 6.07) is 41.0. The van der Waals surface area contributed by atoms with Gasteiger partial charge in [0.2, 0.25) is 29.7 Å². The fourth-order valence-electron chi connectivity index (χ4n) is 15.9. The number of nitrogens with one attached hydrogen (secondary N) is 6. The summed E-state index contributed by atoms with van der Waals surface area (Å²) in [6.45, 7) is 13.7. The van der Waals surface area contributed by atoms with Gasteiger partial charge in [0.05, 0.1) is 48.9 Å². The standard InChI is InChI=1S/C99H107ClF4N14O17S/c1-11-50-130-96(126)114-76(29-20-21-42-108-95(125)135-98(5,6)7)88(120)115-84(59(2)3)89(121)113-75(30-22-43-107-94(105)124)87(119)112-66-38-35-63(64(52-66)54-116(8)97(127)132-57-74-71-26-15-13-24-69(71)70-25-14-16-27-72(70)74)55-118(9)48-45-117(46-49-118)47-51-129-79-40-39-68(60(4)83(79)100)81-82-90(109-58-110-91(82)136-85(81)61-33-36-65(101)37-34-61)133-80(92(122)134-93(123)99(102,103)104)53-62-23-12-18-31-77(62)131-56-67-41-44-106-86(111-67)73-28-17-19-32-78(73)128-10/h1,12-19,23-28,31-41,44,52,58-59,74-76,80,84H,20-22,29-30,42-43,45-51,53-57H2,2-10H3,(H7-,105,107,108,112,113,114,115,119,120,121,124,125,126)/p+1/t75-,76-,80+,84-/m0/s1. The molecule has 3 aromatic heterocycles. The first-order chi connectivity index (χ1) is 65.0. The Hall–Kier alpha value is -14.0. The zero-order valence-electron chi connectivity index (χ0n) is 76.6. The minimum atomic E-state index is -5.58. The summed E-state index contributed by atoms with van der Waals surface area (Å²) in [5, 5.41) is 16.6. The van der Waals surface area contributed by atoms with E-state index >= 15 is 0 Å². The number of anilines is 1. The maximum absolute atomic E-state index is 14.9. The van der Waals surface area contributed by atoms with Crippen molar-refractivity contribution >= 4 is 92.8 Å². The molecule has 7 aromatic carbocycles. The number of ether oxygens (including phenoxy) is 8. The third kappa shape index (κ3) is 27.0. The highest BCUT2D eigenvalue weighted by atomic mass is 35.5. The van der Waals surface area contributed by atoms with Crippen LogP contribution in [0.15, 0.2) is 170 Å². The number of rotatable bonds is 40. The van der Waals surface area contributed by atoms with E-state index in [1.807, 2.05) is 54.6 Å². The molecule has 716 valence electrons. The number of halogens is 5. The molecule has 0 spiro atoms. The third-order valence-corrected chi connectivity index (χ3v) is 24.5. The van der Waals surface area contributed by atoms with E-state index in [1.165, 1.54) is 24.1 Å². The Bertz CT molecular complexity index is 5980. The summed E-state index contributed by atoms with van der Waals surface area (Å²) in [6.07, 6.45) is -1.45. The highest BCUT2D eigenvalue weighted by Crippen LogP contribution is 2.51. The average Bonchev–Trinajstić information content (AvgIpc) is 1.60. The van der Waals surface area contributed by atoms with Crippen LogP contribution in [0.25, 0.3) is 54.3 Å². The molecule has 37 heteroatoms. The first-order valence-corrected chi connectivity index (χ1v) is 45.4. The number of terminal acetylenes is 1. The van der Waals surface area contributed by atoms with Crippen molar-refractivity contribution in [1.29, 1.82) is 0 Å². The fourth-order valence-corrected chi connectivity index (χ4v) is 17.3. The first-order valence-electron chi connectivity index (χ1n) is 44.2. The fraction of sp³-hybridized carbons (Fsp3) is 0.364. The molecule has 0 saturated carbocycles. The number of para-hydroxylation sites is 2. The van der Waals surface area contributed by atoms with Crippen LogP contribution < -0.4 is 56.6 Å². The van der Waals surface area contributed by atoms with Crippen LogP contribution in [0.1, 0.15) is 112 Å². The monoisotopic (exact) mass is 1910 g/mol. The normalized spacial score (nSPS) is 13.8. The lowest BCUT2D eigenvalue weighted by Gasteiger charge is -2.42. The van der Waals surface area contributed by atoms with Crippen molar-refractivity contribution in [1.82, 2.24) is 56.3 Å². The minimum Gasteiger partial charge on any atom is -0.496 e. The number of benzene rings is 7. The molecule has 4 heterocycles. The van der Waals surface area contributed by atoms with E-state index in [2.05, 4.69) is 74.4 Å². The topological polar surface area (TPSA) is 384 Å². The second-order valence-electron chi connectivity index (χ2n) is 34.4. The lowest BCUT2D eigenvalue weighted by molar-refractivity contribution is -0.926. The Labute approximate surface area is 793 Å². The summed E-state index contributed by atoms with van der Waals surface area (Å²) in [7, 11) is 5.28. The van der Waals surface area contributed by atoms with Gasteiger partial charge in [-0.15, -0.1) is 17.8 Å². The van der Waals surface area contributed by atoms with Crippen molar-refractivity contribution < 1.29 is 103 Å². The number of thiophene rings is 1. The molecule has 2 aliphatic rings. The highest BCUT2D eigenvalue weighted by Gasteiger charge is 2.45. The van der Waals surface area contributed by atoms with Gasteiger partial charge < -0.3 is 84.9 Å². The number of nitrogens with zero attached hydrogens (tertiary/aromatic N) is 7. The predicted octanol–water partition coefficient (Wildman–Crippen LogP) is 15.0. The maximum atomic E-state index is 14.9. The number of nitrogens with two attached hydrogens (primary N) is 1. The van der Waals surface area contributed by atoms with Gasteiger partial charge in [-0.2, -0.15) is 13.2 Å². The number of urea groups is 1. The van der Waals surface area contributed by atoms with Crippen LogP contribution in [0.2, 0.25) is 5.02 Å². The van der Waals surface area contributed by atoms with Crippen molar-refractivity contribution in [2.45, 2.75) is 142 Å². The Balaban J connectivity index is 0.752. The Morgan fingerprint density at radius 2 is 1.38 bits per heavy atom. The Morgan fingerprint density at radius 3 is 2.07 bits per heavy atom. The van der Waals surface area contributed by atoms with Crippen LogP contribution in [0.3, 0.4) is 0 Å². The van der Waals surface area contributed by atoms with E-state index in [9.17, 15) is 60.7 Å². The van der Waals surface area contributed by atoms with Crippen LogP contribution >= 0.6 is 22.9 Å². The molecular weight excluding hydrogens is 1800 g/mol. The molecule has 1 fully saturated rings.